The molecule has 1 aliphatic rings. The molecule has 4 heteroatoms. The number of nitrogens with one attached hydrogen (secondary N) is 1. The molecule has 0 saturated carbocycles. The molecule has 0 unspecified atom stereocenters. The molecule has 1 fully saturated rings. The highest BCUT2D eigenvalue weighted by Gasteiger charge is 2.19. The van der Waals surface area contributed by atoms with Crippen molar-refractivity contribution >= 4 is 16.5 Å². The smallest absolute Gasteiger partial charge is 0.185 e. The van der Waals surface area contributed by atoms with Crippen LogP contribution in [0.4, 0.5) is 5.13 Å². The Morgan fingerprint density at radius 2 is 2.06 bits per heavy atom. The molecule has 2 rings (SSSR count). The third-order valence-corrected chi connectivity index (χ3v) is 4.82. The lowest BCUT2D eigenvalue weighted by Gasteiger charge is -2.29. The molecule has 0 atom stereocenters. The molecular formula is C14H25N3S. The van der Waals surface area contributed by atoms with Gasteiger partial charge in [0.2, 0.25) is 0 Å². The molecule has 1 N–H and O–H groups in total. The predicted molar refractivity (Wildman–Crippen MR) is 79.4 cm³/mol. The van der Waals surface area contributed by atoms with Crippen molar-refractivity contribution in [2.75, 3.05) is 18.0 Å². The van der Waals surface area contributed by atoms with Gasteiger partial charge in [0.05, 0.1) is 5.69 Å². The zero-order valence-corrected chi connectivity index (χ0v) is 12.8. The van der Waals surface area contributed by atoms with Crippen LogP contribution in [-0.2, 0) is 6.54 Å². The SMILES string of the molecule is Cc1nc(N2CCC(C)CC2)sc1CNC(C)C. The first-order chi connectivity index (χ1) is 8.56. The number of piperidine rings is 1. The number of aromatic nitrogens is 1. The van der Waals surface area contributed by atoms with E-state index < -0.39 is 0 Å². The van der Waals surface area contributed by atoms with Crippen LogP contribution in [0.25, 0.3) is 0 Å². The number of hydrogen-bond acceptors (Lipinski definition) is 4. The van der Waals surface area contributed by atoms with Crippen molar-refractivity contribution in [3.8, 4) is 0 Å². The van der Waals surface area contributed by atoms with Crippen molar-refractivity contribution in [3.05, 3.63) is 10.6 Å². The highest BCUT2D eigenvalue weighted by Crippen LogP contribution is 2.29. The van der Waals surface area contributed by atoms with Gasteiger partial charge in [0.15, 0.2) is 5.13 Å². The monoisotopic (exact) mass is 267 g/mol. The summed E-state index contributed by atoms with van der Waals surface area (Å²) in [7, 11) is 0. The fourth-order valence-corrected chi connectivity index (χ4v) is 3.27. The van der Waals surface area contributed by atoms with Crippen LogP contribution in [0.2, 0.25) is 0 Å². The van der Waals surface area contributed by atoms with Gasteiger partial charge in [0.1, 0.15) is 0 Å². The van der Waals surface area contributed by atoms with E-state index in [1.807, 2.05) is 11.3 Å². The lowest BCUT2D eigenvalue weighted by Crippen LogP contribution is -2.32. The summed E-state index contributed by atoms with van der Waals surface area (Å²) >= 11 is 1.86. The van der Waals surface area contributed by atoms with Crippen molar-refractivity contribution in [2.45, 2.75) is 53.1 Å². The van der Waals surface area contributed by atoms with Crippen LogP contribution in [0, 0.1) is 12.8 Å². The average molecular weight is 267 g/mol. The topological polar surface area (TPSA) is 28.2 Å². The molecule has 0 amide bonds. The third kappa shape index (κ3) is 3.45. The Morgan fingerprint density at radius 3 is 2.67 bits per heavy atom. The summed E-state index contributed by atoms with van der Waals surface area (Å²) in [6.45, 7) is 12.1. The van der Waals surface area contributed by atoms with Gasteiger partial charge in [-0.3, -0.25) is 0 Å². The molecule has 3 nitrogen and oxygen atoms in total. The third-order valence-electron chi connectivity index (χ3n) is 3.61. The Morgan fingerprint density at radius 1 is 1.39 bits per heavy atom. The maximum atomic E-state index is 4.74. The van der Waals surface area contributed by atoms with Gasteiger partial charge in [0.25, 0.3) is 0 Å². The van der Waals surface area contributed by atoms with E-state index in [1.54, 1.807) is 0 Å². The number of hydrogen-bond donors (Lipinski definition) is 1. The van der Waals surface area contributed by atoms with E-state index in [-0.39, 0.29) is 0 Å². The van der Waals surface area contributed by atoms with E-state index in [0.717, 1.165) is 12.5 Å². The van der Waals surface area contributed by atoms with Gasteiger partial charge >= 0.3 is 0 Å². The van der Waals surface area contributed by atoms with Crippen LogP contribution in [0.5, 0.6) is 0 Å². The number of nitrogens with zero attached hydrogens (tertiary/aromatic N) is 2. The van der Waals surface area contributed by atoms with Crippen molar-refractivity contribution in [1.82, 2.24) is 10.3 Å². The summed E-state index contributed by atoms with van der Waals surface area (Å²) in [4.78, 5) is 8.58. The molecular weight excluding hydrogens is 242 g/mol. The van der Waals surface area contributed by atoms with Crippen LogP contribution in [0.3, 0.4) is 0 Å². The van der Waals surface area contributed by atoms with Crippen LogP contribution in [0.1, 0.15) is 44.2 Å². The summed E-state index contributed by atoms with van der Waals surface area (Å²) in [5, 5.41) is 4.70. The standard InChI is InChI=1S/C14H25N3S/c1-10(2)15-9-13-12(4)16-14(18-13)17-7-5-11(3)6-8-17/h10-11,15H,5-9H2,1-4H3. The zero-order valence-electron chi connectivity index (χ0n) is 12.0. The molecule has 18 heavy (non-hydrogen) atoms. The minimum absolute atomic E-state index is 0.533. The first kappa shape index (κ1) is 13.8. The lowest BCUT2D eigenvalue weighted by molar-refractivity contribution is 0.438. The van der Waals surface area contributed by atoms with Gasteiger partial charge in [0, 0.05) is 30.6 Å². The first-order valence-electron chi connectivity index (χ1n) is 7.01. The molecule has 0 spiro atoms. The molecule has 0 aliphatic carbocycles. The fraction of sp³-hybridized carbons (Fsp3) is 0.786. The van der Waals surface area contributed by atoms with Gasteiger partial charge in [-0.1, -0.05) is 20.8 Å². The summed E-state index contributed by atoms with van der Waals surface area (Å²) in [6.07, 6.45) is 2.61. The fourth-order valence-electron chi connectivity index (χ4n) is 2.21. The largest absolute Gasteiger partial charge is 0.348 e. The highest BCUT2D eigenvalue weighted by atomic mass is 32.1. The second-order valence-corrected chi connectivity index (χ2v) is 6.77. The van der Waals surface area contributed by atoms with Crippen LogP contribution in [0.15, 0.2) is 0 Å². The van der Waals surface area contributed by atoms with Crippen LogP contribution < -0.4 is 10.2 Å². The molecule has 0 radical (unpaired) electrons. The van der Waals surface area contributed by atoms with Crippen molar-refractivity contribution in [1.29, 1.82) is 0 Å². The van der Waals surface area contributed by atoms with E-state index in [2.05, 4.69) is 37.9 Å². The number of aryl methyl sites for hydroxylation is 1. The van der Waals surface area contributed by atoms with Crippen LogP contribution in [-0.4, -0.2) is 24.1 Å². The second kappa shape index (κ2) is 6.02. The predicted octanol–water partition coefficient (Wildman–Crippen LogP) is 3.19. The highest BCUT2D eigenvalue weighted by molar-refractivity contribution is 7.15. The van der Waals surface area contributed by atoms with E-state index in [4.69, 9.17) is 4.98 Å². The summed E-state index contributed by atoms with van der Waals surface area (Å²) in [5.74, 6) is 0.879. The minimum Gasteiger partial charge on any atom is -0.348 e. The van der Waals surface area contributed by atoms with Crippen LogP contribution >= 0.6 is 11.3 Å². The van der Waals surface area contributed by atoms with E-state index in [1.165, 1.54) is 41.6 Å². The van der Waals surface area contributed by atoms with Gasteiger partial charge in [-0.2, -0.15) is 0 Å². The second-order valence-electron chi connectivity index (χ2n) is 5.71. The molecule has 1 saturated heterocycles. The molecule has 1 aliphatic heterocycles. The molecule has 2 heterocycles. The molecule has 0 bridgehead atoms. The number of thiazole rings is 1. The molecule has 102 valence electrons. The maximum Gasteiger partial charge on any atom is 0.185 e. The van der Waals surface area contributed by atoms with Gasteiger partial charge in [-0.15, -0.1) is 11.3 Å². The summed E-state index contributed by atoms with van der Waals surface area (Å²) in [5.41, 5.74) is 1.20. The van der Waals surface area contributed by atoms with E-state index >= 15 is 0 Å². The molecule has 1 aromatic heterocycles. The van der Waals surface area contributed by atoms with E-state index in [9.17, 15) is 0 Å². The Kier molecular flexibility index (Phi) is 4.62. The Balaban J connectivity index is 1.99. The van der Waals surface area contributed by atoms with Crippen molar-refractivity contribution in [3.63, 3.8) is 0 Å². The summed E-state index contributed by atoms with van der Waals surface area (Å²) in [6, 6.07) is 0.533. The quantitative estimate of drug-likeness (QED) is 0.908. The van der Waals surface area contributed by atoms with Gasteiger partial charge in [-0.25, -0.2) is 4.98 Å². The maximum absolute atomic E-state index is 4.74. The lowest BCUT2D eigenvalue weighted by atomic mass is 10.00. The van der Waals surface area contributed by atoms with E-state index in [0.29, 0.717) is 6.04 Å². The Labute approximate surface area is 115 Å². The zero-order chi connectivity index (χ0) is 13.1. The Hall–Kier alpha value is -0.610. The first-order valence-corrected chi connectivity index (χ1v) is 7.82. The Bertz CT molecular complexity index is 378. The normalized spacial score (nSPS) is 17.7. The molecule has 1 aromatic rings. The molecule has 0 aromatic carbocycles. The van der Waals surface area contributed by atoms with Gasteiger partial charge < -0.3 is 10.2 Å². The average Bonchev–Trinajstić information content (AvgIpc) is 2.69. The number of anilines is 1. The van der Waals surface area contributed by atoms with Gasteiger partial charge in [-0.05, 0) is 25.7 Å². The van der Waals surface area contributed by atoms with Crippen molar-refractivity contribution < 1.29 is 0 Å². The summed E-state index contributed by atoms with van der Waals surface area (Å²) < 4.78 is 0. The van der Waals surface area contributed by atoms with Crippen molar-refractivity contribution in [2.24, 2.45) is 5.92 Å². The minimum atomic E-state index is 0.533. The number of rotatable bonds is 4.